The Labute approximate surface area is 124 Å². The monoisotopic (exact) mass is 287 g/mol. The highest BCUT2D eigenvalue weighted by Gasteiger charge is 2.18. The first kappa shape index (κ1) is 15.0. The van der Waals surface area contributed by atoms with Crippen molar-refractivity contribution in [3.05, 3.63) is 42.2 Å². The van der Waals surface area contributed by atoms with Gasteiger partial charge in [0, 0.05) is 31.3 Å². The smallest absolute Gasteiger partial charge is 0.255 e. The fourth-order valence-electron chi connectivity index (χ4n) is 2.06. The van der Waals surface area contributed by atoms with Crippen LogP contribution in [0, 0.1) is 0 Å². The van der Waals surface area contributed by atoms with E-state index in [4.69, 9.17) is 0 Å². The number of rotatable bonds is 7. The number of amides is 1. The van der Waals surface area contributed by atoms with Gasteiger partial charge in [0.15, 0.2) is 0 Å². The van der Waals surface area contributed by atoms with E-state index in [9.17, 15) is 4.79 Å². The van der Waals surface area contributed by atoms with Crippen LogP contribution in [0.1, 0.15) is 48.9 Å². The van der Waals surface area contributed by atoms with Crippen molar-refractivity contribution in [2.45, 2.75) is 32.7 Å². The zero-order valence-electron chi connectivity index (χ0n) is 12.4. The molecule has 0 saturated heterocycles. The van der Waals surface area contributed by atoms with Crippen LogP contribution in [-0.4, -0.2) is 27.4 Å². The van der Waals surface area contributed by atoms with Crippen molar-refractivity contribution in [3.8, 4) is 0 Å². The Morgan fingerprint density at radius 3 is 2.90 bits per heavy atom. The van der Waals surface area contributed by atoms with E-state index >= 15 is 0 Å². The number of hydrogen-bond acceptors (Lipinski definition) is 4. The van der Waals surface area contributed by atoms with Crippen molar-refractivity contribution in [3.63, 3.8) is 0 Å². The van der Waals surface area contributed by atoms with Gasteiger partial charge in [-0.25, -0.2) is 4.98 Å². The van der Waals surface area contributed by atoms with E-state index in [0.29, 0.717) is 5.56 Å². The first-order valence-electron chi connectivity index (χ1n) is 7.24. The number of imidazole rings is 1. The molecule has 0 aromatic carbocycles. The van der Waals surface area contributed by atoms with E-state index in [2.05, 4.69) is 32.5 Å². The predicted molar refractivity (Wildman–Crippen MR) is 82.1 cm³/mol. The third kappa shape index (κ3) is 3.81. The van der Waals surface area contributed by atoms with Crippen LogP contribution in [0.15, 0.2) is 30.9 Å². The van der Waals surface area contributed by atoms with Crippen LogP contribution in [-0.2, 0) is 0 Å². The molecular formula is C15H21N5O. The molecule has 1 unspecified atom stereocenters. The van der Waals surface area contributed by atoms with Crippen LogP contribution in [0.5, 0.6) is 0 Å². The lowest BCUT2D eigenvalue weighted by Gasteiger charge is -2.16. The summed E-state index contributed by atoms with van der Waals surface area (Å²) in [6.07, 6.45) is 8.45. The Balaban J connectivity index is 2.12. The fraction of sp³-hybridized carbons (Fsp3) is 0.400. The number of nitrogens with one attached hydrogen (secondary N) is 3. The van der Waals surface area contributed by atoms with Gasteiger partial charge in [-0.3, -0.25) is 9.78 Å². The average Bonchev–Trinajstić information content (AvgIpc) is 3.04. The number of aromatic amines is 1. The molecule has 0 aliphatic heterocycles. The number of pyridine rings is 1. The molecular weight excluding hydrogens is 266 g/mol. The molecule has 3 N–H and O–H groups in total. The zero-order chi connectivity index (χ0) is 15.1. The van der Waals surface area contributed by atoms with E-state index in [1.165, 1.54) is 0 Å². The fourth-order valence-corrected chi connectivity index (χ4v) is 2.06. The summed E-state index contributed by atoms with van der Waals surface area (Å²) in [5.74, 6) is 0.614. The lowest BCUT2D eigenvalue weighted by atomic mass is 10.1. The van der Waals surface area contributed by atoms with Crippen LogP contribution >= 0.6 is 0 Å². The number of H-pyrrole nitrogens is 1. The van der Waals surface area contributed by atoms with E-state index in [1.807, 2.05) is 13.0 Å². The second kappa shape index (κ2) is 7.42. The number of aromatic nitrogens is 3. The summed E-state index contributed by atoms with van der Waals surface area (Å²) >= 11 is 0. The highest BCUT2D eigenvalue weighted by Crippen LogP contribution is 2.17. The van der Waals surface area contributed by atoms with Gasteiger partial charge in [-0.2, -0.15) is 0 Å². The van der Waals surface area contributed by atoms with Crippen molar-refractivity contribution in [2.24, 2.45) is 0 Å². The third-order valence-electron chi connectivity index (χ3n) is 3.19. The van der Waals surface area contributed by atoms with Crippen molar-refractivity contribution in [2.75, 3.05) is 11.9 Å². The van der Waals surface area contributed by atoms with Gasteiger partial charge in [0.05, 0.1) is 17.3 Å². The molecule has 1 amide bonds. The lowest BCUT2D eigenvalue weighted by molar-refractivity contribution is 0.0934. The Hall–Kier alpha value is -2.37. The maximum Gasteiger partial charge on any atom is 0.255 e. The minimum atomic E-state index is -0.148. The summed E-state index contributed by atoms with van der Waals surface area (Å²) < 4.78 is 0. The predicted octanol–water partition coefficient (Wildman–Crippen LogP) is 2.51. The third-order valence-corrected chi connectivity index (χ3v) is 3.19. The highest BCUT2D eigenvalue weighted by atomic mass is 16.1. The van der Waals surface area contributed by atoms with Crippen LogP contribution in [0.4, 0.5) is 5.69 Å². The van der Waals surface area contributed by atoms with E-state index in [0.717, 1.165) is 30.9 Å². The molecule has 0 spiro atoms. The van der Waals surface area contributed by atoms with E-state index in [-0.39, 0.29) is 11.9 Å². The molecule has 6 heteroatoms. The molecule has 112 valence electrons. The molecule has 2 aromatic rings. The Morgan fingerprint density at radius 2 is 2.24 bits per heavy atom. The summed E-state index contributed by atoms with van der Waals surface area (Å²) in [7, 11) is 0. The molecule has 0 aliphatic carbocycles. The Bertz CT molecular complexity index is 567. The first-order chi connectivity index (χ1) is 10.3. The largest absolute Gasteiger partial charge is 0.384 e. The molecule has 2 aromatic heterocycles. The van der Waals surface area contributed by atoms with Gasteiger partial charge in [0.25, 0.3) is 5.91 Å². The lowest BCUT2D eigenvalue weighted by Crippen LogP contribution is -2.29. The van der Waals surface area contributed by atoms with Crippen molar-refractivity contribution in [1.82, 2.24) is 20.3 Å². The van der Waals surface area contributed by atoms with Gasteiger partial charge in [0.1, 0.15) is 5.82 Å². The maximum absolute atomic E-state index is 12.5. The number of carbonyl (C=O) groups excluding carboxylic acids is 1. The van der Waals surface area contributed by atoms with E-state index < -0.39 is 0 Å². The quantitative estimate of drug-likeness (QED) is 0.730. The molecule has 0 radical (unpaired) electrons. The summed E-state index contributed by atoms with van der Waals surface area (Å²) in [5.41, 5.74) is 1.36. The van der Waals surface area contributed by atoms with Gasteiger partial charge in [-0.05, 0) is 18.9 Å². The van der Waals surface area contributed by atoms with Crippen molar-refractivity contribution in [1.29, 1.82) is 0 Å². The van der Waals surface area contributed by atoms with Gasteiger partial charge >= 0.3 is 0 Å². The minimum Gasteiger partial charge on any atom is -0.384 e. The average molecular weight is 287 g/mol. The van der Waals surface area contributed by atoms with Crippen molar-refractivity contribution < 1.29 is 4.79 Å². The molecule has 1 atom stereocenters. The number of nitrogens with zero attached hydrogens (tertiary/aromatic N) is 2. The second-order valence-corrected chi connectivity index (χ2v) is 4.76. The van der Waals surface area contributed by atoms with Gasteiger partial charge in [-0.1, -0.05) is 13.8 Å². The molecule has 2 rings (SSSR count). The number of hydrogen-bond donors (Lipinski definition) is 3. The summed E-state index contributed by atoms with van der Waals surface area (Å²) in [4.78, 5) is 23.7. The Morgan fingerprint density at radius 1 is 1.38 bits per heavy atom. The van der Waals surface area contributed by atoms with Gasteiger partial charge < -0.3 is 15.6 Å². The van der Waals surface area contributed by atoms with Crippen molar-refractivity contribution >= 4 is 11.6 Å². The summed E-state index contributed by atoms with van der Waals surface area (Å²) in [5, 5.41) is 6.24. The van der Waals surface area contributed by atoms with Crippen LogP contribution < -0.4 is 10.6 Å². The Kier molecular flexibility index (Phi) is 5.31. The minimum absolute atomic E-state index is 0.133. The molecule has 0 fully saturated rings. The molecule has 2 heterocycles. The second-order valence-electron chi connectivity index (χ2n) is 4.76. The SMILES string of the molecule is CCCNc1ccncc1C(=O)NC(CC)c1ncc[nH]1. The molecule has 21 heavy (non-hydrogen) atoms. The number of anilines is 1. The highest BCUT2D eigenvalue weighted by molar-refractivity contribution is 5.99. The van der Waals surface area contributed by atoms with Crippen LogP contribution in [0.2, 0.25) is 0 Å². The molecule has 0 aliphatic rings. The normalized spacial score (nSPS) is 11.9. The number of carbonyl (C=O) groups is 1. The molecule has 6 nitrogen and oxygen atoms in total. The van der Waals surface area contributed by atoms with Gasteiger partial charge in [-0.15, -0.1) is 0 Å². The maximum atomic E-state index is 12.5. The molecule has 0 bridgehead atoms. The first-order valence-corrected chi connectivity index (χ1v) is 7.24. The van der Waals surface area contributed by atoms with Crippen LogP contribution in [0.25, 0.3) is 0 Å². The zero-order valence-corrected chi connectivity index (χ0v) is 12.4. The standard InChI is InChI=1S/C15H21N5O/c1-3-6-17-13-5-7-16-10-11(13)15(21)20-12(4-2)14-18-8-9-19-14/h5,7-10,12H,3-4,6H2,1-2H3,(H,16,17)(H,18,19)(H,20,21). The molecule has 0 saturated carbocycles. The van der Waals surface area contributed by atoms with E-state index in [1.54, 1.807) is 24.8 Å². The van der Waals surface area contributed by atoms with Gasteiger partial charge in [0.2, 0.25) is 0 Å². The summed E-state index contributed by atoms with van der Waals surface area (Å²) in [6, 6.07) is 1.69. The topological polar surface area (TPSA) is 82.7 Å². The summed E-state index contributed by atoms with van der Waals surface area (Å²) in [6.45, 7) is 4.91. The van der Waals surface area contributed by atoms with Crippen LogP contribution in [0.3, 0.4) is 0 Å².